The topological polar surface area (TPSA) is 47.8 Å². The molecular formula is C15H13N3OS. The highest BCUT2D eigenvalue weighted by Crippen LogP contribution is 2.11. The quantitative estimate of drug-likeness (QED) is 0.676. The van der Waals surface area contributed by atoms with Crippen LogP contribution in [0.1, 0.15) is 22.5 Å². The van der Waals surface area contributed by atoms with E-state index in [1.54, 1.807) is 11.3 Å². The minimum Gasteiger partial charge on any atom is -0.292 e. The molecular weight excluding hydrogens is 270 g/mol. The Morgan fingerprint density at radius 1 is 1.20 bits per heavy atom. The van der Waals surface area contributed by atoms with Crippen molar-refractivity contribution in [1.29, 1.82) is 0 Å². The predicted molar refractivity (Wildman–Crippen MR) is 78.3 cm³/mol. The first-order chi connectivity index (χ1) is 9.83. The predicted octanol–water partition coefficient (Wildman–Crippen LogP) is 3.14. The number of nitrogens with zero attached hydrogens (tertiary/aromatic N) is 3. The number of ketones is 1. The fourth-order valence-electron chi connectivity index (χ4n) is 1.90. The Morgan fingerprint density at radius 2 is 2.05 bits per heavy atom. The highest BCUT2D eigenvalue weighted by molar-refractivity contribution is 7.07. The van der Waals surface area contributed by atoms with Gasteiger partial charge in [0.2, 0.25) is 0 Å². The van der Waals surface area contributed by atoms with Gasteiger partial charge < -0.3 is 0 Å². The van der Waals surface area contributed by atoms with Crippen LogP contribution in [0.3, 0.4) is 0 Å². The second-order valence-corrected chi connectivity index (χ2v) is 5.19. The van der Waals surface area contributed by atoms with Gasteiger partial charge >= 0.3 is 0 Å². The number of thiophene rings is 1. The van der Waals surface area contributed by atoms with Crippen LogP contribution in [0, 0.1) is 0 Å². The zero-order chi connectivity index (χ0) is 13.8. The van der Waals surface area contributed by atoms with E-state index < -0.39 is 0 Å². The number of benzene rings is 1. The van der Waals surface area contributed by atoms with Crippen molar-refractivity contribution in [2.24, 2.45) is 0 Å². The normalized spacial score (nSPS) is 10.6. The summed E-state index contributed by atoms with van der Waals surface area (Å²) in [6.45, 7) is 0. The monoisotopic (exact) mass is 283 g/mol. The van der Waals surface area contributed by atoms with Crippen molar-refractivity contribution in [2.75, 3.05) is 0 Å². The molecule has 3 rings (SSSR count). The Kier molecular flexibility index (Phi) is 3.69. The first-order valence-electron chi connectivity index (χ1n) is 6.35. The molecule has 20 heavy (non-hydrogen) atoms. The molecule has 2 heterocycles. The van der Waals surface area contributed by atoms with Crippen LogP contribution in [0.5, 0.6) is 0 Å². The SMILES string of the molecule is O=C(CCc1ccsc1)c1cnn(-c2ccccc2)n1. The second kappa shape index (κ2) is 5.79. The number of aromatic nitrogens is 3. The number of Topliss-reactive ketones (excluding diaryl/α,β-unsaturated/α-hetero) is 1. The van der Waals surface area contributed by atoms with Crippen LogP contribution < -0.4 is 0 Å². The van der Waals surface area contributed by atoms with E-state index in [9.17, 15) is 4.79 Å². The number of para-hydroxylation sites is 1. The number of carbonyl (C=O) groups excluding carboxylic acids is 1. The number of hydrogen-bond donors (Lipinski definition) is 0. The van der Waals surface area contributed by atoms with Gasteiger partial charge in [-0.1, -0.05) is 18.2 Å². The Hall–Kier alpha value is -2.27. The first-order valence-corrected chi connectivity index (χ1v) is 7.29. The Morgan fingerprint density at radius 3 is 2.80 bits per heavy atom. The molecule has 0 radical (unpaired) electrons. The lowest BCUT2D eigenvalue weighted by atomic mass is 10.1. The number of carbonyl (C=O) groups is 1. The molecule has 2 aromatic heterocycles. The van der Waals surface area contributed by atoms with Crippen LogP contribution in [0.2, 0.25) is 0 Å². The lowest BCUT2D eigenvalue weighted by Gasteiger charge is -1.98. The van der Waals surface area contributed by atoms with Crippen LogP contribution in [0.4, 0.5) is 0 Å². The molecule has 0 aliphatic carbocycles. The van der Waals surface area contributed by atoms with Gasteiger partial charge in [0.15, 0.2) is 5.78 Å². The van der Waals surface area contributed by atoms with Gasteiger partial charge in [0, 0.05) is 6.42 Å². The van der Waals surface area contributed by atoms with Crippen molar-refractivity contribution in [3.8, 4) is 5.69 Å². The molecule has 0 aliphatic heterocycles. The van der Waals surface area contributed by atoms with E-state index in [1.165, 1.54) is 16.6 Å². The molecule has 100 valence electrons. The Labute approximate surface area is 120 Å². The maximum atomic E-state index is 12.1. The van der Waals surface area contributed by atoms with Gasteiger partial charge in [-0.15, -0.1) is 5.10 Å². The van der Waals surface area contributed by atoms with Gasteiger partial charge in [0.05, 0.1) is 11.9 Å². The molecule has 0 fully saturated rings. The lowest BCUT2D eigenvalue weighted by molar-refractivity contribution is 0.0977. The summed E-state index contributed by atoms with van der Waals surface area (Å²) in [5.74, 6) is 0.0263. The third-order valence-electron chi connectivity index (χ3n) is 2.99. The number of aryl methyl sites for hydroxylation is 1. The molecule has 4 nitrogen and oxygen atoms in total. The second-order valence-electron chi connectivity index (χ2n) is 4.41. The molecule has 0 unspecified atom stereocenters. The summed E-state index contributed by atoms with van der Waals surface area (Å²) in [6, 6.07) is 11.6. The summed E-state index contributed by atoms with van der Waals surface area (Å²) in [6.07, 6.45) is 2.74. The summed E-state index contributed by atoms with van der Waals surface area (Å²) < 4.78 is 0. The van der Waals surface area contributed by atoms with Crippen molar-refractivity contribution in [3.63, 3.8) is 0 Å². The van der Waals surface area contributed by atoms with E-state index >= 15 is 0 Å². The number of rotatable bonds is 5. The van der Waals surface area contributed by atoms with E-state index in [0.717, 1.165) is 12.1 Å². The molecule has 0 saturated carbocycles. The molecule has 5 heteroatoms. The largest absolute Gasteiger partial charge is 0.292 e. The molecule has 0 bridgehead atoms. The summed E-state index contributed by atoms with van der Waals surface area (Å²) in [7, 11) is 0. The van der Waals surface area contributed by atoms with Crippen LogP contribution in [-0.4, -0.2) is 20.8 Å². The zero-order valence-electron chi connectivity index (χ0n) is 10.8. The van der Waals surface area contributed by atoms with E-state index in [-0.39, 0.29) is 5.78 Å². The van der Waals surface area contributed by atoms with Crippen LogP contribution in [0.25, 0.3) is 5.69 Å². The van der Waals surface area contributed by atoms with E-state index in [0.29, 0.717) is 12.1 Å². The van der Waals surface area contributed by atoms with E-state index in [1.807, 2.05) is 41.8 Å². The summed E-state index contributed by atoms with van der Waals surface area (Å²) >= 11 is 1.65. The van der Waals surface area contributed by atoms with E-state index in [4.69, 9.17) is 0 Å². The lowest BCUT2D eigenvalue weighted by Crippen LogP contribution is -2.04. The van der Waals surface area contributed by atoms with Gasteiger partial charge in [0.1, 0.15) is 5.69 Å². The Balaban J connectivity index is 1.69. The van der Waals surface area contributed by atoms with E-state index in [2.05, 4.69) is 15.6 Å². The van der Waals surface area contributed by atoms with Gasteiger partial charge in [-0.3, -0.25) is 4.79 Å². The molecule has 0 aliphatic rings. The van der Waals surface area contributed by atoms with Crippen molar-refractivity contribution < 1.29 is 4.79 Å². The fourth-order valence-corrected chi connectivity index (χ4v) is 2.60. The minimum absolute atomic E-state index is 0.0263. The van der Waals surface area contributed by atoms with Crippen molar-refractivity contribution in [1.82, 2.24) is 15.0 Å². The highest BCUT2D eigenvalue weighted by atomic mass is 32.1. The van der Waals surface area contributed by atoms with Crippen molar-refractivity contribution in [2.45, 2.75) is 12.8 Å². The standard InChI is InChI=1S/C15H13N3OS/c19-15(7-6-12-8-9-20-11-12)14-10-16-18(17-14)13-4-2-1-3-5-13/h1-5,8-11H,6-7H2. The van der Waals surface area contributed by atoms with Crippen molar-refractivity contribution in [3.05, 3.63) is 64.6 Å². The Bertz CT molecular complexity index is 689. The smallest absolute Gasteiger partial charge is 0.185 e. The molecule has 0 N–H and O–H groups in total. The van der Waals surface area contributed by atoms with Gasteiger partial charge in [-0.2, -0.15) is 21.2 Å². The average molecular weight is 283 g/mol. The zero-order valence-corrected chi connectivity index (χ0v) is 11.6. The molecule has 0 saturated heterocycles. The maximum absolute atomic E-state index is 12.1. The third kappa shape index (κ3) is 2.83. The molecule has 3 aromatic rings. The van der Waals surface area contributed by atoms with Crippen LogP contribution >= 0.6 is 11.3 Å². The van der Waals surface area contributed by atoms with Gasteiger partial charge in [0.25, 0.3) is 0 Å². The fraction of sp³-hybridized carbons (Fsp3) is 0.133. The summed E-state index contributed by atoms with van der Waals surface area (Å²) in [4.78, 5) is 13.6. The summed E-state index contributed by atoms with van der Waals surface area (Å²) in [5, 5.41) is 12.5. The maximum Gasteiger partial charge on any atom is 0.185 e. The average Bonchev–Trinajstić information content (AvgIpc) is 3.17. The first kappa shape index (κ1) is 12.7. The minimum atomic E-state index is 0.0263. The molecule has 0 atom stereocenters. The van der Waals surface area contributed by atoms with Gasteiger partial charge in [-0.05, 0) is 40.9 Å². The third-order valence-corrected chi connectivity index (χ3v) is 3.72. The van der Waals surface area contributed by atoms with Crippen LogP contribution in [0.15, 0.2) is 53.4 Å². The van der Waals surface area contributed by atoms with Crippen molar-refractivity contribution >= 4 is 17.1 Å². The molecule has 0 amide bonds. The molecule has 0 spiro atoms. The summed E-state index contributed by atoms with van der Waals surface area (Å²) in [5.41, 5.74) is 2.47. The molecule has 1 aromatic carbocycles. The van der Waals surface area contributed by atoms with Crippen LogP contribution in [-0.2, 0) is 6.42 Å². The van der Waals surface area contributed by atoms with Gasteiger partial charge in [-0.25, -0.2) is 0 Å². The highest BCUT2D eigenvalue weighted by Gasteiger charge is 2.11. The number of hydrogen-bond acceptors (Lipinski definition) is 4.